The summed E-state index contributed by atoms with van der Waals surface area (Å²) in [6.07, 6.45) is 3.60. The molecule has 1 fully saturated rings. The van der Waals surface area contributed by atoms with E-state index in [4.69, 9.17) is 9.84 Å². The van der Waals surface area contributed by atoms with Gasteiger partial charge >= 0.3 is 0 Å². The lowest BCUT2D eigenvalue weighted by atomic mass is 10.2. The molecule has 2 aromatic rings. The molecule has 1 aliphatic rings. The number of halogens is 2. The number of pyridine rings is 1. The van der Waals surface area contributed by atoms with Gasteiger partial charge in [-0.1, -0.05) is 6.07 Å². The van der Waals surface area contributed by atoms with E-state index in [0.717, 1.165) is 24.6 Å². The minimum atomic E-state index is -0.940. The zero-order valence-electron chi connectivity index (χ0n) is 15.8. The number of hydrogen-bond acceptors (Lipinski definition) is 5. The van der Waals surface area contributed by atoms with E-state index in [0.29, 0.717) is 12.1 Å². The van der Waals surface area contributed by atoms with Gasteiger partial charge < -0.3 is 19.9 Å². The van der Waals surface area contributed by atoms with Crippen molar-refractivity contribution in [3.63, 3.8) is 0 Å². The normalized spacial score (nSPS) is 18.2. The maximum Gasteiger partial charge on any atom is 0.253 e. The standard InChI is InChI=1S/C13H18N2O3.C7H6F2O/c1-9-2-3-12(18-9)13(17)15-11-4-6-14-10(8-11)5-7-16;1-10-6-4-2-3-5(8)7(6)9/h4,6,8-9,12,16H,2-3,5,7H2,1H3,(H,14,15,17);2-4H,1H3. The van der Waals surface area contributed by atoms with Crippen LogP contribution < -0.4 is 10.1 Å². The van der Waals surface area contributed by atoms with Crippen molar-refractivity contribution in [2.75, 3.05) is 19.0 Å². The van der Waals surface area contributed by atoms with Crippen molar-refractivity contribution < 1.29 is 28.2 Å². The van der Waals surface area contributed by atoms with Crippen molar-refractivity contribution in [1.82, 2.24) is 4.98 Å². The SMILES string of the molecule is CC1CCC(C(=O)Nc2ccnc(CCO)c2)O1.COc1cccc(F)c1F. The third-order valence-electron chi connectivity index (χ3n) is 4.11. The number of ether oxygens (including phenoxy) is 2. The fraction of sp³-hybridized carbons (Fsp3) is 0.400. The molecule has 0 spiro atoms. The van der Waals surface area contributed by atoms with E-state index < -0.39 is 11.6 Å². The van der Waals surface area contributed by atoms with Crippen molar-refractivity contribution in [1.29, 1.82) is 0 Å². The number of hydrogen-bond donors (Lipinski definition) is 2. The van der Waals surface area contributed by atoms with E-state index in [1.165, 1.54) is 19.2 Å². The molecule has 3 rings (SSSR count). The van der Waals surface area contributed by atoms with Crippen LogP contribution in [0.25, 0.3) is 0 Å². The number of carbonyl (C=O) groups is 1. The summed E-state index contributed by atoms with van der Waals surface area (Å²) in [6.45, 7) is 2.02. The lowest BCUT2D eigenvalue weighted by Gasteiger charge is -2.12. The number of aromatic nitrogens is 1. The van der Waals surface area contributed by atoms with E-state index >= 15 is 0 Å². The molecule has 0 saturated carbocycles. The predicted molar refractivity (Wildman–Crippen MR) is 100 cm³/mol. The Labute approximate surface area is 162 Å². The van der Waals surface area contributed by atoms with Crippen LogP contribution in [0.2, 0.25) is 0 Å². The quantitative estimate of drug-likeness (QED) is 0.815. The van der Waals surface area contributed by atoms with Crippen LogP contribution in [0.15, 0.2) is 36.5 Å². The van der Waals surface area contributed by atoms with Gasteiger partial charge in [-0.05, 0) is 44.0 Å². The molecule has 2 heterocycles. The molecule has 2 N–H and O–H groups in total. The first-order chi connectivity index (χ1) is 13.4. The van der Waals surface area contributed by atoms with Gasteiger partial charge in [0, 0.05) is 30.6 Å². The molecule has 2 unspecified atom stereocenters. The summed E-state index contributed by atoms with van der Waals surface area (Å²) in [6, 6.07) is 7.29. The largest absolute Gasteiger partial charge is 0.494 e. The highest BCUT2D eigenvalue weighted by molar-refractivity contribution is 5.94. The van der Waals surface area contributed by atoms with Crippen molar-refractivity contribution in [3.8, 4) is 5.75 Å². The first kappa shape index (κ1) is 21.7. The molecular formula is C20H24F2N2O4. The number of carbonyl (C=O) groups excluding carboxylic acids is 1. The molecule has 0 aliphatic carbocycles. The molecule has 0 radical (unpaired) electrons. The fourth-order valence-corrected chi connectivity index (χ4v) is 2.67. The predicted octanol–water partition coefficient (Wildman–Crippen LogP) is 3.10. The molecule has 2 atom stereocenters. The summed E-state index contributed by atoms with van der Waals surface area (Å²) in [5.41, 5.74) is 1.46. The summed E-state index contributed by atoms with van der Waals surface area (Å²) >= 11 is 0. The highest BCUT2D eigenvalue weighted by atomic mass is 19.2. The second-order valence-electron chi connectivity index (χ2n) is 6.27. The fourth-order valence-electron chi connectivity index (χ4n) is 2.67. The summed E-state index contributed by atoms with van der Waals surface area (Å²) in [4.78, 5) is 16.0. The minimum absolute atomic E-state index is 0.0493. The number of methoxy groups -OCH3 is 1. The van der Waals surface area contributed by atoms with Gasteiger partial charge in [0.25, 0.3) is 5.91 Å². The van der Waals surface area contributed by atoms with Crippen LogP contribution in [0, 0.1) is 11.6 Å². The van der Waals surface area contributed by atoms with E-state index in [9.17, 15) is 13.6 Å². The minimum Gasteiger partial charge on any atom is -0.494 e. The molecule has 1 amide bonds. The van der Waals surface area contributed by atoms with E-state index in [2.05, 4.69) is 15.0 Å². The number of aliphatic hydroxyl groups is 1. The van der Waals surface area contributed by atoms with Crippen LogP contribution in [0.3, 0.4) is 0 Å². The smallest absolute Gasteiger partial charge is 0.253 e. The third-order valence-corrected chi connectivity index (χ3v) is 4.11. The van der Waals surface area contributed by atoms with Gasteiger partial charge in [-0.3, -0.25) is 9.78 Å². The van der Waals surface area contributed by atoms with Crippen molar-refractivity contribution in [2.45, 2.75) is 38.4 Å². The second kappa shape index (κ2) is 10.7. The number of anilines is 1. The van der Waals surface area contributed by atoms with Crippen molar-refractivity contribution in [2.24, 2.45) is 0 Å². The Morgan fingerprint density at radius 1 is 1.36 bits per heavy atom. The summed E-state index contributed by atoms with van der Waals surface area (Å²) in [5.74, 6) is -2.01. The number of benzene rings is 1. The van der Waals surface area contributed by atoms with Crippen LogP contribution >= 0.6 is 0 Å². The molecule has 1 saturated heterocycles. The number of amides is 1. The monoisotopic (exact) mass is 394 g/mol. The highest BCUT2D eigenvalue weighted by Gasteiger charge is 2.28. The number of rotatable bonds is 5. The average molecular weight is 394 g/mol. The maximum atomic E-state index is 12.5. The first-order valence-electron chi connectivity index (χ1n) is 8.94. The summed E-state index contributed by atoms with van der Waals surface area (Å²) in [7, 11) is 1.29. The van der Waals surface area contributed by atoms with Gasteiger partial charge in [0.05, 0.1) is 13.2 Å². The van der Waals surface area contributed by atoms with Gasteiger partial charge in [-0.25, -0.2) is 4.39 Å². The molecular weight excluding hydrogens is 370 g/mol. The zero-order valence-corrected chi connectivity index (χ0v) is 15.8. The topological polar surface area (TPSA) is 80.7 Å². The molecule has 1 aromatic carbocycles. The third kappa shape index (κ3) is 6.24. The number of aliphatic hydroxyl groups excluding tert-OH is 1. The summed E-state index contributed by atoms with van der Waals surface area (Å²) < 4.78 is 34.8. The van der Waals surface area contributed by atoms with E-state index in [-0.39, 0.29) is 30.5 Å². The first-order valence-corrected chi connectivity index (χ1v) is 8.94. The Hall–Kier alpha value is -2.58. The Balaban J connectivity index is 0.000000237. The van der Waals surface area contributed by atoms with E-state index in [1.807, 2.05) is 6.92 Å². The Kier molecular flexibility index (Phi) is 8.28. The molecule has 28 heavy (non-hydrogen) atoms. The molecule has 6 nitrogen and oxygen atoms in total. The van der Waals surface area contributed by atoms with Gasteiger partial charge in [0.1, 0.15) is 6.10 Å². The van der Waals surface area contributed by atoms with Gasteiger partial charge in [0.15, 0.2) is 11.6 Å². The second-order valence-corrected chi connectivity index (χ2v) is 6.27. The van der Waals surface area contributed by atoms with Gasteiger partial charge in [0.2, 0.25) is 5.82 Å². The van der Waals surface area contributed by atoms with Gasteiger partial charge in [-0.2, -0.15) is 4.39 Å². The van der Waals surface area contributed by atoms with Crippen LogP contribution in [-0.4, -0.2) is 41.9 Å². The van der Waals surface area contributed by atoms with Crippen LogP contribution in [0.1, 0.15) is 25.5 Å². The van der Waals surface area contributed by atoms with Crippen LogP contribution in [0.5, 0.6) is 5.75 Å². The Morgan fingerprint density at radius 2 is 2.14 bits per heavy atom. The average Bonchev–Trinajstić information content (AvgIpc) is 3.12. The molecule has 1 aliphatic heterocycles. The van der Waals surface area contributed by atoms with Crippen LogP contribution in [-0.2, 0) is 16.0 Å². The molecule has 152 valence electrons. The summed E-state index contributed by atoms with van der Waals surface area (Å²) in [5, 5.41) is 11.7. The lowest BCUT2D eigenvalue weighted by Crippen LogP contribution is -2.27. The number of nitrogens with one attached hydrogen (secondary N) is 1. The highest BCUT2D eigenvalue weighted by Crippen LogP contribution is 2.21. The lowest BCUT2D eigenvalue weighted by molar-refractivity contribution is -0.126. The maximum absolute atomic E-state index is 12.5. The zero-order chi connectivity index (χ0) is 20.5. The molecule has 1 aromatic heterocycles. The van der Waals surface area contributed by atoms with E-state index in [1.54, 1.807) is 18.3 Å². The van der Waals surface area contributed by atoms with Crippen LogP contribution in [0.4, 0.5) is 14.5 Å². The Morgan fingerprint density at radius 3 is 2.75 bits per heavy atom. The Bertz CT molecular complexity index is 789. The molecule has 8 heteroatoms. The van der Waals surface area contributed by atoms with Crippen molar-refractivity contribution >= 4 is 11.6 Å². The molecule has 0 bridgehead atoms. The van der Waals surface area contributed by atoms with Gasteiger partial charge in [-0.15, -0.1) is 0 Å². The van der Waals surface area contributed by atoms with Crippen molar-refractivity contribution in [3.05, 3.63) is 53.9 Å². The number of nitrogens with zero attached hydrogens (tertiary/aromatic N) is 1.